The van der Waals surface area contributed by atoms with E-state index in [1.165, 1.54) is 4.90 Å². The molecule has 7 nitrogen and oxygen atoms in total. The molecule has 148 valence electrons. The predicted octanol–water partition coefficient (Wildman–Crippen LogP) is 2.31. The van der Waals surface area contributed by atoms with Gasteiger partial charge in [0, 0.05) is 45.1 Å². The van der Waals surface area contributed by atoms with E-state index in [1.54, 1.807) is 6.92 Å². The van der Waals surface area contributed by atoms with Crippen LogP contribution in [0.4, 0.5) is 8.78 Å². The maximum Gasteiger partial charge on any atom is 0.256 e. The monoisotopic (exact) mass is 390 g/mol. The van der Waals surface area contributed by atoms with Gasteiger partial charge in [-0.3, -0.25) is 9.59 Å². The molecule has 2 aliphatic heterocycles. The zero-order valence-electron chi connectivity index (χ0n) is 15.4. The van der Waals surface area contributed by atoms with E-state index >= 15 is 0 Å². The van der Waals surface area contributed by atoms with Crippen LogP contribution < -0.4 is 0 Å². The number of amides is 2. The van der Waals surface area contributed by atoms with Crippen LogP contribution in [-0.2, 0) is 4.79 Å². The molecule has 2 fully saturated rings. The summed E-state index contributed by atoms with van der Waals surface area (Å²) >= 11 is 0. The Morgan fingerprint density at radius 1 is 1.11 bits per heavy atom. The minimum absolute atomic E-state index is 0.0732. The Morgan fingerprint density at radius 2 is 1.82 bits per heavy atom. The SMILES string of the molecule is CC(=O)N1CCC(c2noc(C3CN(C(=O)c4ccc(F)cc4F)C3)n2)CC1. The second-order valence-corrected chi connectivity index (χ2v) is 7.30. The van der Waals surface area contributed by atoms with Gasteiger partial charge in [0.05, 0.1) is 11.5 Å². The molecule has 0 unspecified atom stereocenters. The van der Waals surface area contributed by atoms with E-state index in [0.29, 0.717) is 44.0 Å². The first-order valence-electron chi connectivity index (χ1n) is 9.25. The smallest absolute Gasteiger partial charge is 0.256 e. The van der Waals surface area contributed by atoms with Crippen LogP contribution in [0, 0.1) is 11.6 Å². The fraction of sp³-hybridized carbons (Fsp3) is 0.474. The zero-order chi connectivity index (χ0) is 19.8. The van der Waals surface area contributed by atoms with Gasteiger partial charge in [-0.25, -0.2) is 8.78 Å². The van der Waals surface area contributed by atoms with E-state index in [9.17, 15) is 18.4 Å². The minimum Gasteiger partial charge on any atom is -0.343 e. The van der Waals surface area contributed by atoms with Gasteiger partial charge in [-0.05, 0) is 25.0 Å². The fourth-order valence-corrected chi connectivity index (χ4v) is 3.67. The first-order chi connectivity index (χ1) is 13.4. The Kier molecular flexibility index (Phi) is 4.82. The van der Waals surface area contributed by atoms with E-state index in [2.05, 4.69) is 10.1 Å². The lowest BCUT2D eigenvalue weighted by molar-refractivity contribution is -0.129. The molecule has 0 aliphatic carbocycles. The highest BCUT2D eigenvalue weighted by Gasteiger charge is 2.37. The first-order valence-corrected chi connectivity index (χ1v) is 9.25. The van der Waals surface area contributed by atoms with E-state index in [0.717, 1.165) is 25.0 Å². The molecule has 2 aromatic rings. The lowest BCUT2D eigenvalue weighted by Crippen LogP contribution is -2.48. The van der Waals surface area contributed by atoms with Gasteiger partial charge in [0.15, 0.2) is 5.82 Å². The van der Waals surface area contributed by atoms with Crippen molar-refractivity contribution in [3.05, 3.63) is 47.1 Å². The molecule has 4 rings (SSSR count). The molecule has 0 radical (unpaired) electrons. The van der Waals surface area contributed by atoms with Gasteiger partial charge in [0.25, 0.3) is 5.91 Å². The van der Waals surface area contributed by atoms with Gasteiger partial charge in [0.2, 0.25) is 11.8 Å². The molecule has 1 aromatic carbocycles. The maximum absolute atomic E-state index is 13.8. The number of aromatic nitrogens is 2. The topological polar surface area (TPSA) is 79.5 Å². The van der Waals surface area contributed by atoms with Crippen LogP contribution in [0.25, 0.3) is 0 Å². The molecule has 0 N–H and O–H groups in total. The molecule has 2 amide bonds. The van der Waals surface area contributed by atoms with E-state index in [-0.39, 0.29) is 23.3 Å². The van der Waals surface area contributed by atoms with Crippen molar-refractivity contribution in [2.75, 3.05) is 26.2 Å². The standard InChI is InChI=1S/C19H20F2N4O3/c1-11(26)24-6-4-12(5-7-24)17-22-18(28-23-17)13-9-25(10-13)19(27)15-3-2-14(20)8-16(15)21/h2-3,8,12-13H,4-7,9-10H2,1H3. The number of benzene rings is 1. The van der Waals surface area contributed by atoms with Gasteiger partial charge in [-0.1, -0.05) is 5.16 Å². The summed E-state index contributed by atoms with van der Waals surface area (Å²) in [5.74, 6) is -0.840. The van der Waals surface area contributed by atoms with Crippen molar-refractivity contribution < 1.29 is 22.9 Å². The number of nitrogens with zero attached hydrogens (tertiary/aromatic N) is 4. The Hall–Kier alpha value is -2.84. The summed E-state index contributed by atoms with van der Waals surface area (Å²) in [5, 5.41) is 4.07. The van der Waals surface area contributed by atoms with Crippen LogP contribution >= 0.6 is 0 Å². The number of carbonyl (C=O) groups is 2. The number of hydrogen-bond acceptors (Lipinski definition) is 5. The lowest BCUT2D eigenvalue weighted by atomic mass is 9.95. The second-order valence-electron chi connectivity index (χ2n) is 7.30. The zero-order valence-corrected chi connectivity index (χ0v) is 15.4. The van der Waals surface area contributed by atoms with Crippen molar-refractivity contribution in [1.82, 2.24) is 19.9 Å². The molecule has 3 heterocycles. The lowest BCUT2D eigenvalue weighted by Gasteiger charge is -2.37. The molecular formula is C19H20F2N4O3. The van der Waals surface area contributed by atoms with Crippen LogP contribution in [0.3, 0.4) is 0 Å². The first kappa shape index (κ1) is 18.5. The normalized spacial score (nSPS) is 18.2. The van der Waals surface area contributed by atoms with Crippen LogP contribution in [0.1, 0.15) is 53.7 Å². The summed E-state index contributed by atoms with van der Waals surface area (Å²) in [4.78, 5) is 31.5. The van der Waals surface area contributed by atoms with Crippen molar-refractivity contribution in [1.29, 1.82) is 0 Å². The van der Waals surface area contributed by atoms with Gasteiger partial charge >= 0.3 is 0 Å². The third-order valence-electron chi connectivity index (χ3n) is 5.44. The summed E-state index contributed by atoms with van der Waals surface area (Å²) < 4.78 is 32.1. The summed E-state index contributed by atoms with van der Waals surface area (Å²) in [7, 11) is 0. The number of hydrogen-bond donors (Lipinski definition) is 0. The molecule has 2 aliphatic rings. The molecule has 0 saturated carbocycles. The number of halogens is 2. The van der Waals surface area contributed by atoms with E-state index in [4.69, 9.17) is 4.52 Å². The maximum atomic E-state index is 13.8. The Balaban J connectivity index is 1.34. The molecular weight excluding hydrogens is 370 g/mol. The van der Waals surface area contributed by atoms with Crippen LogP contribution in [-0.4, -0.2) is 57.9 Å². The highest BCUT2D eigenvalue weighted by molar-refractivity contribution is 5.95. The van der Waals surface area contributed by atoms with Crippen molar-refractivity contribution in [3.63, 3.8) is 0 Å². The molecule has 2 saturated heterocycles. The van der Waals surface area contributed by atoms with Crippen LogP contribution in [0.5, 0.6) is 0 Å². The molecule has 0 bridgehead atoms. The average molecular weight is 390 g/mol. The van der Waals surface area contributed by atoms with Gasteiger partial charge in [0.1, 0.15) is 11.6 Å². The molecule has 9 heteroatoms. The van der Waals surface area contributed by atoms with Crippen molar-refractivity contribution in [3.8, 4) is 0 Å². The van der Waals surface area contributed by atoms with Crippen molar-refractivity contribution in [2.45, 2.75) is 31.6 Å². The number of piperidine rings is 1. The number of rotatable bonds is 3. The highest BCUT2D eigenvalue weighted by atomic mass is 19.1. The third kappa shape index (κ3) is 3.48. The van der Waals surface area contributed by atoms with Gasteiger partial charge in [-0.2, -0.15) is 4.98 Å². The Bertz CT molecular complexity index is 902. The fourth-order valence-electron chi connectivity index (χ4n) is 3.67. The number of likely N-dealkylation sites (tertiary alicyclic amines) is 2. The largest absolute Gasteiger partial charge is 0.343 e. The number of carbonyl (C=O) groups excluding carboxylic acids is 2. The summed E-state index contributed by atoms with van der Waals surface area (Å²) in [5.41, 5.74) is -0.150. The highest BCUT2D eigenvalue weighted by Crippen LogP contribution is 2.31. The molecule has 28 heavy (non-hydrogen) atoms. The summed E-state index contributed by atoms with van der Waals surface area (Å²) in [6.07, 6.45) is 1.58. The van der Waals surface area contributed by atoms with Crippen LogP contribution in [0.2, 0.25) is 0 Å². The van der Waals surface area contributed by atoms with E-state index < -0.39 is 17.5 Å². The van der Waals surface area contributed by atoms with Gasteiger partial charge < -0.3 is 14.3 Å². The van der Waals surface area contributed by atoms with Crippen LogP contribution in [0.15, 0.2) is 22.7 Å². The quantitative estimate of drug-likeness (QED) is 0.804. The summed E-state index contributed by atoms with van der Waals surface area (Å²) in [6.45, 7) is 3.62. The molecule has 0 spiro atoms. The van der Waals surface area contributed by atoms with Gasteiger partial charge in [-0.15, -0.1) is 0 Å². The Morgan fingerprint density at radius 3 is 2.46 bits per heavy atom. The average Bonchev–Trinajstić information content (AvgIpc) is 3.10. The van der Waals surface area contributed by atoms with Crippen molar-refractivity contribution >= 4 is 11.8 Å². The second kappa shape index (κ2) is 7.29. The van der Waals surface area contributed by atoms with E-state index in [1.807, 2.05) is 4.90 Å². The van der Waals surface area contributed by atoms with Crippen molar-refractivity contribution in [2.24, 2.45) is 0 Å². The third-order valence-corrected chi connectivity index (χ3v) is 5.44. The molecule has 0 atom stereocenters. The Labute approximate surface area is 160 Å². The summed E-state index contributed by atoms with van der Waals surface area (Å²) in [6, 6.07) is 2.92. The predicted molar refractivity (Wildman–Crippen MR) is 93.5 cm³/mol. The minimum atomic E-state index is -0.870. The molecule has 1 aromatic heterocycles.